The smallest absolute Gasteiger partial charge is 0.247 e. The average Bonchev–Trinajstić information content (AvgIpc) is 3.20. The van der Waals surface area contributed by atoms with Gasteiger partial charge in [0.15, 0.2) is 0 Å². The first-order chi connectivity index (χ1) is 16.5. The number of carbonyl (C=O) groups excluding carboxylic acids is 2. The molecule has 0 aliphatic heterocycles. The van der Waals surface area contributed by atoms with Crippen molar-refractivity contribution in [2.45, 2.75) is 33.0 Å². The Morgan fingerprint density at radius 3 is 2.29 bits per heavy atom. The molecule has 0 spiro atoms. The van der Waals surface area contributed by atoms with Crippen LogP contribution in [0.1, 0.15) is 25.2 Å². The zero-order valence-corrected chi connectivity index (χ0v) is 19.4. The third-order valence-electron chi connectivity index (χ3n) is 5.49. The summed E-state index contributed by atoms with van der Waals surface area (Å²) in [6.45, 7) is 4.33. The Hall–Kier alpha value is -4.19. The Morgan fingerprint density at radius 2 is 1.59 bits per heavy atom. The maximum Gasteiger partial charge on any atom is 0.247 e. The molecule has 172 valence electrons. The van der Waals surface area contributed by atoms with Crippen molar-refractivity contribution in [3.63, 3.8) is 0 Å². The van der Waals surface area contributed by atoms with Crippen LogP contribution >= 0.6 is 0 Å². The molecule has 0 saturated heterocycles. The lowest BCUT2D eigenvalue weighted by Crippen LogP contribution is -2.39. The first-order valence-corrected chi connectivity index (χ1v) is 11.3. The fourth-order valence-corrected chi connectivity index (χ4v) is 3.93. The molecule has 1 aromatic heterocycles. The van der Waals surface area contributed by atoms with Crippen LogP contribution in [0.25, 0.3) is 17.1 Å². The predicted molar refractivity (Wildman–Crippen MR) is 136 cm³/mol. The van der Waals surface area contributed by atoms with E-state index < -0.39 is 0 Å². The molecule has 1 heterocycles. The van der Waals surface area contributed by atoms with Crippen LogP contribution in [0, 0.1) is 0 Å². The standard InChI is InChI=1S/C28H28N4O2/c1-21(2)32(23-13-7-4-8-14-23)28(34)20-31-25-16-10-9-15-24(25)30-26(31)19-29-27(33)18-17-22-11-5-3-6-12-22/h3-18,21H,19-20H2,1-2H3,(H,29,33)/b18-17-. The van der Waals surface area contributed by atoms with E-state index in [0.29, 0.717) is 5.82 Å². The number of aromatic nitrogens is 2. The minimum absolute atomic E-state index is 0.00374. The van der Waals surface area contributed by atoms with Crippen LogP contribution in [-0.4, -0.2) is 27.4 Å². The number of benzene rings is 3. The van der Waals surface area contributed by atoms with Gasteiger partial charge in [-0.3, -0.25) is 9.59 Å². The average molecular weight is 453 g/mol. The summed E-state index contributed by atoms with van der Waals surface area (Å²) in [7, 11) is 0. The highest BCUT2D eigenvalue weighted by atomic mass is 16.2. The minimum Gasteiger partial charge on any atom is -0.345 e. The van der Waals surface area contributed by atoms with Gasteiger partial charge in [-0.05, 0) is 49.8 Å². The number of nitrogens with one attached hydrogen (secondary N) is 1. The van der Waals surface area contributed by atoms with Gasteiger partial charge in [0.1, 0.15) is 12.4 Å². The highest BCUT2D eigenvalue weighted by Gasteiger charge is 2.22. The van der Waals surface area contributed by atoms with E-state index >= 15 is 0 Å². The summed E-state index contributed by atoms with van der Waals surface area (Å²) in [6.07, 6.45) is 3.27. The van der Waals surface area contributed by atoms with Gasteiger partial charge in [-0.2, -0.15) is 0 Å². The number of rotatable bonds is 8. The number of carbonyl (C=O) groups is 2. The quantitative estimate of drug-likeness (QED) is 0.390. The van der Waals surface area contributed by atoms with Gasteiger partial charge in [0.05, 0.1) is 17.6 Å². The van der Waals surface area contributed by atoms with E-state index in [2.05, 4.69) is 10.3 Å². The molecule has 6 nitrogen and oxygen atoms in total. The Balaban J connectivity index is 1.55. The number of amides is 2. The Morgan fingerprint density at radius 1 is 0.941 bits per heavy atom. The molecule has 4 aromatic rings. The number of para-hydroxylation sites is 3. The van der Waals surface area contributed by atoms with Gasteiger partial charge < -0.3 is 14.8 Å². The summed E-state index contributed by atoms with van der Waals surface area (Å²) in [5, 5.41) is 2.89. The van der Waals surface area contributed by atoms with Gasteiger partial charge in [0.2, 0.25) is 11.8 Å². The van der Waals surface area contributed by atoms with Crippen molar-refractivity contribution in [2.75, 3.05) is 4.90 Å². The lowest BCUT2D eigenvalue weighted by atomic mass is 10.2. The third kappa shape index (κ3) is 5.41. The molecule has 1 N–H and O–H groups in total. The maximum atomic E-state index is 13.4. The van der Waals surface area contributed by atoms with Crippen LogP contribution in [0.3, 0.4) is 0 Å². The SMILES string of the molecule is CC(C)N(C(=O)Cn1c(CNC(=O)/C=C\c2ccccc2)nc2ccccc21)c1ccccc1. The van der Waals surface area contributed by atoms with Crippen molar-refractivity contribution in [3.05, 3.63) is 102 Å². The lowest BCUT2D eigenvalue weighted by Gasteiger charge is -2.27. The maximum absolute atomic E-state index is 13.4. The van der Waals surface area contributed by atoms with Crippen molar-refractivity contribution in [2.24, 2.45) is 0 Å². The number of imidazole rings is 1. The normalized spacial score (nSPS) is 11.3. The molecule has 0 saturated carbocycles. The molecule has 0 aliphatic carbocycles. The molecular weight excluding hydrogens is 424 g/mol. The van der Waals surface area contributed by atoms with Gasteiger partial charge in [0.25, 0.3) is 0 Å². The molecule has 0 bridgehead atoms. The van der Waals surface area contributed by atoms with Crippen LogP contribution in [0.2, 0.25) is 0 Å². The van der Waals surface area contributed by atoms with E-state index in [4.69, 9.17) is 0 Å². The zero-order valence-electron chi connectivity index (χ0n) is 19.4. The minimum atomic E-state index is -0.220. The number of anilines is 1. The molecule has 2 amide bonds. The van der Waals surface area contributed by atoms with Gasteiger partial charge >= 0.3 is 0 Å². The number of hydrogen-bond donors (Lipinski definition) is 1. The molecule has 0 radical (unpaired) electrons. The summed E-state index contributed by atoms with van der Waals surface area (Å²) in [5.74, 6) is 0.371. The molecule has 6 heteroatoms. The van der Waals surface area contributed by atoms with Crippen molar-refractivity contribution in [3.8, 4) is 0 Å². The topological polar surface area (TPSA) is 67.2 Å². The Kier molecular flexibility index (Phi) is 7.18. The molecule has 0 unspecified atom stereocenters. The van der Waals surface area contributed by atoms with Crippen LogP contribution in [0.5, 0.6) is 0 Å². The Bertz CT molecular complexity index is 1290. The van der Waals surface area contributed by atoms with Gasteiger partial charge in [-0.25, -0.2) is 4.98 Å². The summed E-state index contributed by atoms with van der Waals surface area (Å²) in [5.41, 5.74) is 3.45. The number of nitrogens with zero attached hydrogens (tertiary/aromatic N) is 3. The van der Waals surface area contributed by atoms with E-state index in [1.54, 1.807) is 11.0 Å². The number of fused-ring (bicyclic) bond motifs is 1. The molecule has 4 rings (SSSR count). The van der Waals surface area contributed by atoms with Crippen molar-refractivity contribution in [1.82, 2.24) is 14.9 Å². The fourth-order valence-electron chi connectivity index (χ4n) is 3.93. The van der Waals surface area contributed by atoms with E-state index in [-0.39, 0.29) is 30.9 Å². The second-order valence-electron chi connectivity index (χ2n) is 8.26. The first kappa shape index (κ1) is 23.0. The summed E-state index contributed by atoms with van der Waals surface area (Å²) in [6, 6.07) is 27.0. The third-order valence-corrected chi connectivity index (χ3v) is 5.49. The molecule has 0 aliphatic rings. The van der Waals surface area contributed by atoms with Crippen LogP contribution in [-0.2, 0) is 22.7 Å². The highest BCUT2D eigenvalue weighted by Crippen LogP contribution is 2.20. The van der Waals surface area contributed by atoms with Crippen molar-refractivity contribution >= 4 is 34.6 Å². The summed E-state index contributed by atoms with van der Waals surface area (Å²) < 4.78 is 1.89. The molecule has 0 fully saturated rings. The Labute approximate surface area is 199 Å². The largest absolute Gasteiger partial charge is 0.345 e. The summed E-state index contributed by atoms with van der Waals surface area (Å²) >= 11 is 0. The molecule has 3 aromatic carbocycles. The highest BCUT2D eigenvalue weighted by molar-refractivity contribution is 5.95. The summed E-state index contributed by atoms with van der Waals surface area (Å²) in [4.78, 5) is 32.3. The van der Waals surface area contributed by atoms with Gasteiger partial charge in [-0.15, -0.1) is 0 Å². The first-order valence-electron chi connectivity index (χ1n) is 11.3. The van der Waals surface area contributed by atoms with Crippen LogP contribution in [0.4, 0.5) is 5.69 Å². The van der Waals surface area contributed by atoms with Crippen LogP contribution in [0.15, 0.2) is 91.0 Å². The second-order valence-corrected chi connectivity index (χ2v) is 8.26. The molecular formula is C28H28N4O2. The van der Waals surface area contributed by atoms with Crippen LogP contribution < -0.4 is 10.2 Å². The lowest BCUT2D eigenvalue weighted by molar-refractivity contribution is -0.119. The van der Waals surface area contributed by atoms with Gasteiger partial charge in [-0.1, -0.05) is 60.7 Å². The van der Waals surface area contributed by atoms with Crippen molar-refractivity contribution < 1.29 is 9.59 Å². The molecule has 34 heavy (non-hydrogen) atoms. The predicted octanol–water partition coefficient (Wildman–Crippen LogP) is 4.81. The van der Waals surface area contributed by atoms with E-state index in [0.717, 1.165) is 22.3 Å². The van der Waals surface area contributed by atoms with E-state index in [1.165, 1.54) is 6.08 Å². The number of hydrogen-bond acceptors (Lipinski definition) is 3. The van der Waals surface area contributed by atoms with Crippen molar-refractivity contribution in [1.29, 1.82) is 0 Å². The van der Waals surface area contributed by atoms with E-state index in [1.807, 2.05) is 103 Å². The molecule has 0 atom stereocenters. The van der Waals surface area contributed by atoms with Gasteiger partial charge in [0, 0.05) is 17.8 Å². The zero-order chi connectivity index (χ0) is 23.9. The fraction of sp³-hybridized carbons (Fsp3) is 0.179. The monoisotopic (exact) mass is 452 g/mol. The van der Waals surface area contributed by atoms with E-state index in [9.17, 15) is 9.59 Å². The second kappa shape index (κ2) is 10.6.